The molecule has 0 aliphatic rings. The molecule has 0 aromatic heterocycles. The molecule has 1 aromatic carbocycles. The van der Waals surface area contributed by atoms with Gasteiger partial charge in [0.2, 0.25) is 0 Å². The summed E-state index contributed by atoms with van der Waals surface area (Å²) < 4.78 is 10.3. The van der Waals surface area contributed by atoms with Gasteiger partial charge in [-0.05, 0) is 17.7 Å². The number of aliphatic hydroxyl groups excluding tert-OH is 1. The molecule has 5 nitrogen and oxygen atoms in total. The van der Waals surface area contributed by atoms with Gasteiger partial charge in [-0.2, -0.15) is 5.26 Å². The summed E-state index contributed by atoms with van der Waals surface area (Å²) in [5.74, 6) is 0.701. The Bertz CT molecular complexity index is 377. The molecular formula is C13H18N2O3. The Kier molecular flexibility index (Phi) is 7.57. The zero-order valence-electron chi connectivity index (χ0n) is 10.3. The van der Waals surface area contributed by atoms with E-state index in [-0.39, 0.29) is 13.2 Å². The zero-order valence-corrected chi connectivity index (χ0v) is 10.3. The second-order valence-corrected chi connectivity index (χ2v) is 3.61. The average molecular weight is 250 g/mol. The van der Waals surface area contributed by atoms with Crippen molar-refractivity contribution in [3.63, 3.8) is 0 Å². The van der Waals surface area contributed by atoms with Crippen molar-refractivity contribution in [3.05, 3.63) is 29.8 Å². The molecule has 0 aliphatic carbocycles. The van der Waals surface area contributed by atoms with E-state index in [4.69, 9.17) is 19.8 Å². The molecule has 0 fully saturated rings. The standard InChI is InChI=1S/C13H18N2O3/c14-4-7-18-13-3-1-2-12(10-13)11-15-5-8-17-9-6-16/h1-3,10,15-16H,5-9,11H2. The maximum Gasteiger partial charge on any atom is 0.174 e. The molecule has 1 aromatic rings. The third kappa shape index (κ3) is 6.21. The van der Waals surface area contributed by atoms with Gasteiger partial charge in [0.05, 0.1) is 19.8 Å². The number of nitrogens with one attached hydrogen (secondary N) is 1. The Morgan fingerprint density at radius 1 is 1.33 bits per heavy atom. The van der Waals surface area contributed by atoms with E-state index in [0.29, 0.717) is 25.5 Å². The topological polar surface area (TPSA) is 74.5 Å². The number of ether oxygens (including phenoxy) is 2. The minimum absolute atomic E-state index is 0.0538. The highest BCUT2D eigenvalue weighted by Crippen LogP contribution is 2.12. The van der Waals surface area contributed by atoms with Gasteiger partial charge in [-0.1, -0.05) is 12.1 Å². The van der Waals surface area contributed by atoms with Gasteiger partial charge in [0.15, 0.2) is 6.61 Å². The first-order chi connectivity index (χ1) is 8.86. The Labute approximate surface area is 107 Å². The molecule has 18 heavy (non-hydrogen) atoms. The summed E-state index contributed by atoms with van der Waals surface area (Å²) in [4.78, 5) is 0. The van der Waals surface area contributed by atoms with Gasteiger partial charge in [0.1, 0.15) is 11.8 Å². The Morgan fingerprint density at radius 3 is 3.00 bits per heavy atom. The summed E-state index contributed by atoms with van der Waals surface area (Å²) in [6.07, 6.45) is 0. The van der Waals surface area contributed by atoms with Crippen molar-refractivity contribution in [3.8, 4) is 11.8 Å². The monoisotopic (exact) mass is 250 g/mol. The van der Waals surface area contributed by atoms with Crippen LogP contribution in [-0.4, -0.2) is 38.1 Å². The van der Waals surface area contributed by atoms with Crippen LogP contribution in [0.2, 0.25) is 0 Å². The molecule has 5 heteroatoms. The average Bonchev–Trinajstić information content (AvgIpc) is 2.41. The van der Waals surface area contributed by atoms with Crippen LogP contribution < -0.4 is 10.1 Å². The molecule has 0 unspecified atom stereocenters. The second kappa shape index (κ2) is 9.42. The van der Waals surface area contributed by atoms with Crippen molar-refractivity contribution >= 4 is 0 Å². The minimum atomic E-state index is 0.0538. The molecule has 0 spiro atoms. The Hall–Kier alpha value is -1.61. The first kappa shape index (κ1) is 14.5. The summed E-state index contributed by atoms with van der Waals surface area (Å²) in [6.45, 7) is 2.50. The first-order valence-corrected chi connectivity index (χ1v) is 5.85. The maximum absolute atomic E-state index is 8.52. The predicted octanol–water partition coefficient (Wildman–Crippen LogP) is 0.687. The molecule has 0 amide bonds. The van der Waals surface area contributed by atoms with Crippen molar-refractivity contribution in [2.24, 2.45) is 0 Å². The number of benzene rings is 1. The van der Waals surface area contributed by atoms with Gasteiger partial charge in [-0.3, -0.25) is 0 Å². The highest BCUT2D eigenvalue weighted by molar-refractivity contribution is 5.28. The van der Waals surface area contributed by atoms with Crippen molar-refractivity contribution in [2.75, 3.05) is 33.0 Å². The Morgan fingerprint density at radius 2 is 2.22 bits per heavy atom. The van der Waals surface area contributed by atoms with E-state index < -0.39 is 0 Å². The highest BCUT2D eigenvalue weighted by Gasteiger charge is 1.96. The van der Waals surface area contributed by atoms with Crippen LogP contribution in [0.1, 0.15) is 5.56 Å². The van der Waals surface area contributed by atoms with Crippen LogP contribution in [0.25, 0.3) is 0 Å². The molecule has 0 bridgehead atoms. The third-order valence-corrected chi connectivity index (χ3v) is 2.19. The van der Waals surface area contributed by atoms with Crippen LogP contribution in [0.3, 0.4) is 0 Å². The highest BCUT2D eigenvalue weighted by atomic mass is 16.5. The quantitative estimate of drug-likeness (QED) is 0.631. The smallest absolute Gasteiger partial charge is 0.174 e. The van der Waals surface area contributed by atoms with Gasteiger partial charge in [0.25, 0.3) is 0 Å². The molecule has 0 saturated heterocycles. The van der Waals surface area contributed by atoms with Crippen molar-refractivity contribution in [1.82, 2.24) is 5.32 Å². The van der Waals surface area contributed by atoms with Gasteiger partial charge in [-0.25, -0.2) is 0 Å². The molecule has 98 valence electrons. The molecule has 0 saturated carbocycles. The fourth-order valence-corrected chi connectivity index (χ4v) is 1.40. The van der Waals surface area contributed by atoms with Crippen LogP contribution in [0.5, 0.6) is 5.75 Å². The van der Waals surface area contributed by atoms with Gasteiger partial charge >= 0.3 is 0 Å². The lowest BCUT2D eigenvalue weighted by molar-refractivity contribution is 0.0938. The largest absolute Gasteiger partial charge is 0.479 e. The molecule has 0 aliphatic heterocycles. The van der Waals surface area contributed by atoms with Gasteiger partial charge < -0.3 is 19.9 Å². The fraction of sp³-hybridized carbons (Fsp3) is 0.462. The summed E-state index contributed by atoms with van der Waals surface area (Å²) in [5, 5.41) is 20.2. The summed E-state index contributed by atoms with van der Waals surface area (Å²) >= 11 is 0. The number of nitrogens with zero attached hydrogens (tertiary/aromatic N) is 1. The molecule has 0 atom stereocenters. The SMILES string of the molecule is N#CCOc1cccc(CNCCOCCO)c1. The lowest BCUT2D eigenvalue weighted by Crippen LogP contribution is -2.20. The van der Waals surface area contributed by atoms with Crippen LogP contribution in [0.4, 0.5) is 0 Å². The van der Waals surface area contributed by atoms with Crippen LogP contribution >= 0.6 is 0 Å². The lowest BCUT2D eigenvalue weighted by Gasteiger charge is -2.07. The van der Waals surface area contributed by atoms with Gasteiger partial charge in [0, 0.05) is 13.1 Å². The lowest BCUT2D eigenvalue weighted by atomic mass is 10.2. The first-order valence-electron chi connectivity index (χ1n) is 5.85. The zero-order chi connectivity index (χ0) is 13.1. The summed E-state index contributed by atoms with van der Waals surface area (Å²) in [7, 11) is 0. The summed E-state index contributed by atoms with van der Waals surface area (Å²) in [6, 6.07) is 9.54. The number of hydrogen-bond acceptors (Lipinski definition) is 5. The van der Waals surface area contributed by atoms with Crippen molar-refractivity contribution in [1.29, 1.82) is 5.26 Å². The van der Waals surface area contributed by atoms with Crippen LogP contribution in [-0.2, 0) is 11.3 Å². The normalized spacial score (nSPS) is 10.0. The van der Waals surface area contributed by atoms with Crippen LogP contribution in [0.15, 0.2) is 24.3 Å². The summed E-state index contributed by atoms with van der Waals surface area (Å²) in [5.41, 5.74) is 1.09. The second-order valence-electron chi connectivity index (χ2n) is 3.61. The minimum Gasteiger partial charge on any atom is -0.479 e. The fourth-order valence-electron chi connectivity index (χ4n) is 1.40. The van der Waals surface area contributed by atoms with Gasteiger partial charge in [-0.15, -0.1) is 0 Å². The van der Waals surface area contributed by atoms with Crippen molar-refractivity contribution in [2.45, 2.75) is 6.54 Å². The van der Waals surface area contributed by atoms with E-state index >= 15 is 0 Å². The molecule has 0 radical (unpaired) electrons. The number of hydrogen-bond donors (Lipinski definition) is 2. The molecule has 1 rings (SSSR count). The van der Waals surface area contributed by atoms with E-state index in [1.807, 2.05) is 30.3 Å². The number of rotatable bonds is 9. The molecular weight excluding hydrogens is 232 g/mol. The van der Waals surface area contributed by atoms with Crippen molar-refractivity contribution < 1.29 is 14.6 Å². The molecule has 2 N–H and O–H groups in total. The van der Waals surface area contributed by atoms with E-state index in [0.717, 1.165) is 12.1 Å². The van der Waals surface area contributed by atoms with E-state index in [2.05, 4.69) is 5.32 Å². The third-order valence-electron chi connectivity index (χ3n) is 2.19. The van der Waals surface area contributed by atoms with E-state index in [1.165, 1.54) is 0 Å². The van der Waals surface area contributed by atoms with E-state index in [9.17, 15) is 0 Å². The van der Waals surface area contributed by atoms with E-state index in [1.54, 1.807) is 0 Å². The molecule has 0 heterocycles. The number of nitriles is 1. The number of aliphatic hydroxyl groups is 1. The predicted molar refractivity (Wildman–Crippen MR) is 67.2 cm³/mol. The maximum atomic E-state index is 8.52. The Balaban J connectivity index is 2.23. The van der Waals surface area contributed by atoms with Crippen LogP contribution in [0, 0.1) is 11.3 Å².